The van der Waals surface area contributed by atoms with Crippen LogP contribution in [0.1, 0.15) is 47.4 Å². The highest BCUT2D eigenvalue weighted by Crippen LogP contribution is 2.34. The molecule has 0 atom stereocenters. The summed E-state index contributed by atoms with van der Waals surface area (Å²) in [6.45, 7) is 8.41. The number of ketones is 1. The number of rotatable bonds is 1. The molecule has 0 fully saturated rings. The quantitative estimate of drug-likeness (QED) is 0.795. The second-order valence-corrected chi connectivity index (χ2v) is 6.79. The summed E-state index contributed by atoms with van der Waals surface area (Å²) in [4.78, 5) is 21.2. The lowest BCUT2D eigenvalue weighted by atomic mass is 9.76. The molecular weight excluding hydrogens is 260 g/mol. The van der Waals surface area contributed by atoms with Crippen LogP contribution in [0.25, 0.3) is 11.4 Å². The number of Topliss-reactive ketones (excluding diaryl/α,β-unsaturated/α-hetero) is 1. The van der Waals surface area contributed by atoms with Crippen LogP contribution in [0.3, 0.4) is 0 Å². The third kappa shape index (κ3) is 2.60. The van der Waals surface area contributed by atoms with E-state index < -0.39 is 0 Å². The first-order valence-electron chi connectivity index (χ1n) is 7.32. The van der Waals surface area contributed by atoms with Crippen molar-refractivity contribution < 1.29 is 4.79 Å². The van der Waals surface area contributed by atoms with Crippen LogP contribution in [0.5, 0.6) is 0 Å². The fourth-order valence-electron chi connectivity index (χ4n) is 2.85. The monoisotopic (exact) mass is 280 g/mol. The smallest absolute Gasteiger partial charge is 0.166 e. The SMILES string of the molecule is Cc1ccc(-c2ncc3c(n2)CC(C)(C)CC3=O)cc1C. The predicted molar refractivity (Wildman–Crippen MR) is 83.4 cm³/mol. The van der Waals surface area contributed by atoms with Crippen LogP contribution < -0.4 is 0 Å². The van der Waals surface area contributed by atoms with Crippen molar-refractivity contribution in [1.82, 2.24) is 9.97 Å². The predicted octanol–water partition coefficient (Wildman–Crippen LogP) is 3.92. The minimum atomic E-state index is -0.0150. The number of carbonyl (C=O) groups excluding carboxylic acids is 1. The van der Waals surface area contributed by atoms with Gasteiger partial charge in [-0.25, -0.2) is 9.97 Å². The van der Waals surface area contributed by atoms with Gasteiger partial charge in [-0.3, -0.25) is 4.79 Å². The molecule has 0 spiro atoms. The number of hydrogen-bond acceptors (Lipinski definition) is 3. The van der Waals surface area contributed by atoms with Crippen molar-refractivity contribution in [2.75, 3.05) is 0 Å². The number of hydrogen-bond donors (Lipinski definition) is 0. The number of benzene rings is 1. The Hall–Kier alpha value is -2.03. The third-order valence-electron chi connectivity index (χ3n) is 4.22. The highest BCUT2D eigenvalue weighted by molar-refractivity contribution is 5.98. The van der Waals surface area contributed by atoms with Crippen LogP contribution >= 0.6 is 0 Å². The van der Waals surface area contributed by atoms with Crippen LogP contribution in [-0.4, -0.2) is 15.8 Å². The molecule has 0 saturated heterocycles. The molecular formula is C18H20N2O. The fraction of sp³-hybridized carbons (Fsp3) is 0.389. The Labute approximate surface area is 125 Å². The third-order valence-corrected chi connectivity index (χ3v) is 4.22. The van der Waals surface area contributed by atoms with Gasteiger partial charge in [-0.2, -0.15) is 0 Å². The number of carbonyl (C=O) groups is 1. The van der Waals surface area contributed by atoms with Gasteiger partial charge in [0.2, 0.25) is 0 Å². The van der Waals surface area contributed by atoms with E-state index in [2.05, 4.69) is 49.8 Å². The first-order valence-corrected chi connectivity index (χ1v) is 7.32. The molecule has 3 rings (SSSR count). The first kappa shape index (κ1) is 13.9. The Bertz CT molecular complexity index is 732. The normalized spacial score (nSPS) is 16.7. The maximum absolute atomic E-state index is 12.2. The Morgan fingerprint density at radius 3 is 2.57 bits per heavy atom. The Balaban J connectivity index is 2.07. The molecule has 0 saturated carbocycles. The van der Waals surface area contributed by atoms with E-state index in [1.54, 1.807) is 6.20 Å². The summed E-state index contributed by atoms with van der Waals surface area (Å²) in [7, 11) is 0. The summed E-state index contributed by atoms with van der Waals surface area (Å²) in [5.41, 5.74) is 5.06. The summed E-state index contributed by atoms with van der Waals surface area (Å²) in [6, 6.07) is 6.23. The van der Waals surface area contributed by atoms with E-state index in [1.165, 1.54) is 11.1 Å². The lowest BCUT2D eigenvalue weighted by Crippen LogP contribution is -2.28. The molecule has 0 unspecified atom stereocenters. The number of nitrogens with zero attached hydrogens (tertiary/aromatic N) is 2. The highest BCUT2D eigenvalue weighted by atomic mass is 16.1. The average Bonchev–Trinajstić information content (AvgIpc) is 2.40. The fourth-order valence-corrected chi connectivity index (χ4v) is 2.85. The number of aromatic nitrogens is 2. The van der Waals surface area contributed by atoms with Crippen LogP contribution in [0.15, 0.2) is 24.4 Å². The van der Waals surface area contributed by atoms with Crippen LogP contribution in [0.2, 0.25) is 0 Å². The largest absolute Gasteiger partial charge is 0.294 e. The average molecular weight is 280 g/mol. The lowest BCUT2D eigenvalue weighted by Gasteiger charge is -2.29. The van der Waals surface area contributed by atoms with E-state index in [0.717, 1.165) is 17.7 Å². The Morgan fingerprint density at radius 1 is 1.10 bits per heavy atom. The van der Waals surface area contributed by atoms with Gasteiger partial charge in [0, 0.05) is 18.2 Å². The van der Waals surface area contributed by atoms with E-state index >= 15 is 0 Å². The molecule has 1 aliphatic rings. The second kappa shape index (κ2) is 4.76. The molecule has 0 amide bonds. The van der Waals surface area contributed by atoms with Gasteiger partial charge in [-0.05, 0) is 42.9 Å². The molecule has 0 N–H and O–H groups in total. The zero-order valence-electron chi connectivity index (χ0n) is 13.0. The molecule has 0 radical (unpaired) electrons. The minimum absolute atomic E-state index is 0.0150. The van der Waals surface area contributed by atoms with Gasteiger partial charge in [0.15, 0.2) is 11.6 Å². The van der Waals surface area contributed by atoms with Crippen LogP contribution in [0.4, 0.5) is 0 Å². The van der Waals surface area contributed by atoms with Crippen molar-refractivity contribution in [1.29, 1.82) is 0 Å². The van der Waals surface area contributed by atoms with E-state index in [1.807, 2.05) is 6.07 Å². The van der Waals surface area contributed by atoms with Gasteiger partial charge in [-0.1, -0.05) is 26.0 Å². The van der Waals surface area contributed by atoms with Crippen LogP contribution in [0, 0.1) is 19.3 Å². The van der Waals surface area contributed by atoms with Gasteiger partial charge in [0.1, 0.15) is 0 Å². The molecule has 3 heteroatoms. The number of fused-ring (bicyclic) bond motifs is 1. The standard InChI is InChI=1S/C18H20N2O/c1-11-5-6-13(7-12(11)2)17-19-10-14-15(20-17)8-18(3,4)9-16(14)21/h5-7,10H,8-9H2,1-4H3. The van der Waals surface area contributed by atoms with Gasteiger partial charge >= 0.3 is 0 Å². The van der Waals surface area contributed by atoms with Gasteiger partial charge in [0.05, 0.1) is 11.3 Å². The Morgan fingerprint density at radius 2 is 1.86 bits per heavy atom. The summed E-state index contributed by atoms with van der Waals surface area (Å²) in [5.74, 6) is 0.871. The summed E-state index contributed by atoms with van der Waals surface area (Å²) in [5, 5.41) is 0. The molecule has 108 valence electrons. The lowest BCUT2D eigenvalue weighted by molar-refractivity contribution is 0.0910. The highest BCUT2D eigenvalue weighted by Gasteiger charge is 2.32. The van der Waals surface area contributed by atoms with Gasteiger partial charge < -0.3 is 0 Å². The van der Waals surface area contributed by atoms with Crippen molar-refractivity contribution in [3.05, 3.63) is 46.8 Å². The topological polar surface area (TPSA) is 42.9 Å². The van der Waals surface area contributed by atoms with E-state index in [-0.39, 0.29) is 11.2 Å². The van der Waals surface area contributed by atoms with Crippen molar-refractivity contribution in [2.24, 2.45) is 5.41 Å². The molecule has 21 heavy (non-hydrogen) atoms. The molecule has 1 aromatic carbocycles. The molecule has 2 aromatic rings. The van der Waals surface area contributed by atoms with Gasteiger partial charge in [0.25, 0.3) is 0 Å². The van der Waals surface area contributed by atoms with Crippen molar-refractivity contribution >= 4 is 5.78 Å². The summed E-state index contributed by atoms with van der Waals surface area (Å²) in [6.07, 6.45) is 3.10. The van der Waals surface area contributed by atoms with Crippen molar-refractivity contribution in [3.8, 4) is 11.4 Å². The van der Waals surface area contributed by atoms with Crippen molar-refractivity contribution in [2.45, 2.75) is 40.5 Å². The van der Waals surface area contributed by atoms with Crippen molar-refractivity contribution in [3.63, 3.8) is 0 Å². The van der Waals surface area contributed by atoms with E-state index in [4.69, 9.17) is 0 Å². The van der Waals surface area contributed by atoms with Crippen LogP contribution in [-0.2, 0) is 6.42 Å². The van der Waals surface area contributed by atoms with Gasteiger partial charge in [-0.15, -0.1) is 0 Å². The second-order valence-electron chi connectivity index (χ2n) is 6.79. The molecule has 0 bridgehead atoms. The molecule has 1 aliphatic carbocycles. The number of aryl methyl sites for hydroxylation is 2. The minimum Gasteiger partial charge on any atom is -0.294 e. The Kier molecular flexibility index (Phi) is 3.16. The summed E-state index contributed by atoms with van der Waals surface area (Å²) < 4.78 is 0. The zero-order chi connectivity index (χ0) is 15.2. The first-order chi connectivity index (χ1) is 9.85. The maximum atomic E-state index is 12.2. The van der Waals surface area contributed by atoms with E-state index in [0.29, 0.717) is 17.8 Å². The zero-order valence-corrected chi connectivity index (χ0v) is 13.0. The van der Waals surface area contributed by atoms with E-state index in [9.17, 15) is 4.79 Å². The maximum Gasteiger partial charge on any atom is 0.166 e. The molecule has 0 aliphatic heterocycles. The molecule has 1 aromatic heterocycles. The molecule has 1 heterocycles. The molecule has 3 nitrogen and oxygen atoms in total. The summed E-state index contributed by atoms with van der Waals surface area (Å²) >= 11 is 0.